The highest BCUT2D eigenvalue weighted by Gasteiger charge is 2.29. The first-order valence-electron chi connectivity index (χ1n) is 9.91. The smallest absolute Gasteiger partial charge is 0.251 e. The second-order valence-corrected chi connectivity index (χ2v) is 8.31. The van der Waals surface area contributed by atoms with Gasteiger partial charge in [-0.15, -0.1) is 0 Å². The van der Waals surface area contributed by atoms with Crippen LogP contribution in [0.4, 0.5) is 5.69 Å². The van der Waals surface area contributed by atoms with Crippen LogP contribution in [0, 0.1) is 0 Å². The molecule has 6 heteroatoms. The summed E-state index contributed by atoms with van der Waals surface area (Å²) in [4.78, 5) is 17.8. The minimum atomic E-state index is -0.0726. The number of carbonyl (C=O) groups excluding carboxylic acids is 1. The molecule has 1 aliphatic rings. The van der Waals surface area contributed by atoms with Crippen LogP contribution in [0.25, 0.3) is 0 Å². The third kappa shape index (κ3) is 5.25. The fourth-order valence-electron chi connectivity index (χ4n) is 3.78. The first kappa shape index (κ1) is 20.6. The van der Waals surface area contributed by atoms with Crippen LogP contribution >= 0.6 is 11.6 Å². The molecule has 0 spiro atoms. The maximum Gasteiger partial charge on any atom is 0.251 e. The Balaban J connectivity index is 1.75. The second kappa shape index (κ2) is 9.41. The van der Waals surface area contributed by atoms with E-state index in [1.54, 1.807) is 23.1 Å². The number of piperazine rings is 1. The van der Waals surface area contributed by atoms with Crippen molar-refractivity contribution in [2.24, 2.45) is 0 Å². The summed E-state index contributed by atoms with van der Waals surface area (Å²) < 4.78 is 0. The number of quaternary nitrogens is 2. The molecule has 2 aromatic rings. The van der Waals surface area contributed by atoms with Gasteiger partial charge in [0.05, 0.1) is 13.6 Å². The molecule has 1 fully saturated rings. The summed E-state index contributed by atoms with van der Waals surface area (Å²) in [6.45, 7) is 5.15. The Kier molecular flexibility index (Phi) is 6.94. The molecule has 0 bridgehead atoms. The van der Waals surface area contributed by atoms with E-state index in [-0.39, 0.29) is 11.9 Å². The fraction of sp³-hybridized carbons (Fsp3) is 0.409. The second-order valence-electron chi connectivity index (χ2n) is 7.87. The Morgan fingerprint density at radius 3 is 2.39 bits per heavy atom. The van der Waals surface area contributed by atoms with Gasteiger partial charge in [0.25, 0.3) is 5.91 Å². The predicted octanol–water partition coefficient (Wildman–Crippen LogP) is 0.290. The van der Waals surface area contributed by atoms with Crippen LogP contribution in [0.15, 0.2) is 48.5 Å². The molecule has 150 valence electrons. The molecule has 5 nitrogen and oxygen atoms in total. The largest absolute Gasteiger partial charge is 0.378 e. The van der Waals surface area contributed by atoms with E-state index in [1.807, 2.05) is 20.2 Å². The van der Waals surface area contributed by atoms with Gasteiger partial charge in [-0.3, -0.25) is 4.79 Å². The van der Waals surface area contributed by atoms with Gasteiger partial charge in [-0.05, 0) is 30.3 Å². The number of rotatable bonds is 6. The highest BCUT2D eigenvalue weighted by atomic mass is 35.5. The van der Waals surface area contributed by atoms with Crippen LogP contribution in [0.3, 0.4) is 0 Å². The van der Waals surface area contributed by atoms with E-state index in [0.717, 1.165) is 26.2 Å². The van der Waals surface area contributed by atoms with E-state index in [2.05, 4.69) is 41.5 Å². The van der Waals surface area contributed by atoms with Gasteiger partial charge in [0.15, 0.2) is 0 Å². The van der Waals surface area contributed by atoms with Crippen molar-refractivity contribution in [2.45, 2.75) is 6.04 Å². The highest BCUT2D eigenvalue weighted by molar-refractivity contribution is 6.30. The van der Waals surface area contributed by atoms with Gasteiger partial charge in [0.2, 0.25) is 0 Å². The van der Waals surface area contributed by atoms with Gasteiger partial charge < -0.3 is 20.0 Å². The van der Waals surface area contributed by atoms with Crippen LogP contribution in [-0.4, -0.2) is 59.8 Å². The molecule has 0 unspecified atom stereocenters. The molecule has 0 aliphatic carbocycles. The highest BCUT2D eigenvalue weighted by Crippen LogP contribution is 2.17. The Morgan fingerprint density at radius 2 is 1.79 bits per heavy atom. The number of hydrogen-bond acceptors (Lipinski definition) is 2. The summed E-state index contributed by atoms with van der Waals surface area (Å²) in [5.74, 6) is -0.0726. The van der Waals surface area contributed by atoms with Crippen molar-refractivity contribution in [1.82, 2.24) is 5.32 Å². The third-order valence-corrected chi connectivity index (χ3v) is 5.84. The average molecular weight is 403 g/mol. The van der Waals surface area contributed by atoms with Crippen molar-refractivity contribution in [3.63, 3.8) is 0 Å². The predicted molar refractivity (Wildman–Crippen MR) is 115 cm³/mol. The summed E-state index contributed by atoms with van der Waals surface area (Å²) in [7, 11) is 6.34. The summed E-state index contributed by atoms with van der Waals surface area (Å²) in [6, 6.07) is 16.1. The Morgan fingerprint density at radius 1 is 1.11 bits per heavy atom. The van der Waals surface area contributed by atoms with Gasteiger partial charge in [-0.2, -0.15) is 0 Å². The molecular formula is C22H31ClN4O+2. The lowest BCUT2D eigenvalue weighted by Gasteiger charge is -2.33. The zero-order valence-electron chi connectivity index (χ0n) is 17.0. The monoisotopic (exact) mass is 402 g/mol. The number of carbonyl (C=O) groups is 1. The lowest BCUT2D eigenvalue weighted by molar-refractivity contribution is -1.02. The SMILES string of the molecule is CN(C)c1ccc([C@@H](CNC(=O)c2cccc(Cl)c2)[NH+]2CC[NH+](C)CC2)cc1. The summed E-state index contributed by atoms with van der Waals surface area (Å²) >= 11 is 6.03. The zero-order chi connectivity index (χ0) is 20.1. The van der Waals surface area contributed by atoms with Crippen molar-refractivity contribution < 1.29 is 14.6 Å². The molecule has 0 aromatic heterocycles. The minimum absolute atomic E-state index is 0.0726. The first-order valence-corrected chi connectivity index (χ1v) is 10.3. The van der Waals surface area contributed by atoms with Crippen molar-refractivity contribution >= 4 is 23.2 Å². The van der Waals surface area contributed by atoms with Gasteiger partial charge in [-0.1, -0.05) is 29.8 Å². The van der Waals surface area contributed by atoms with Crippen molar-refractivity contribution in [3.8, 4) is 0 Å². The normalized spacial score (nSPS) is 20.4. The van der Waals surface area contributed by atoms with Gasteiger partial charge in [-0.25, -0.2) is 0 Å². The number of hydrogen-bond donors (Lipinski definition) is 3. The number of halogens is 1. The summed E-state index contributed by atoms with van der Waals surface area (Å²) in [6.07, 6.45) is 0. The van der Waals surface area contributed by atoms with Crippen molar-refractivity contribution in [3.05, 3.63) is 64.7 Å². The Hall–Kier alpha value is -2.08. The fourth-order valence-corrected chi connectivity index (χ4v) is 3.97. The van der Waals surface area contributed by atoms with E-state index >= 15 is 0 Å². The third-order valence-electron chi connectivity index (χ3n) is 5.60. The van der Waals surface area contributed by atoms with Crippen LogP contribution in [0.2, 0.25) is 5.02 Å². The maximum atomic E-state index is 12.6. The topological polar surface area (TPSA) is 41.2 Å². The number of likely N-dealkylation sites (N-methyl/N-ethyl adjacent to an activating group) is 1. The Labute approximate surface area is 172 Å². The Bertz CT molecular complexity index is 785. The number of nitrogens with one attached hydrogen (secondary N) is 3. The lowest BCUT2D eigenvalue weighted by atomic mass is 10.0. The number of nitrogens with zero attached hydrogens (tertiary/aromatic N) is 1. The molecule has 1 saturated heterocycles. The summed E-state index contributed by atoms with van der Waals surface area (Å²) in [5, 5.41) is 3.71. The molecule has 3 rings (SSSR count). The van der Waals surface area contributed by atoms with Crippen LogP contribution in [0.1, 0.15) is 22.0 Å². The minimum Gasteiger partial charge on any atom is -0.378 e. The zero-order valence-corrected chi connectivity index (χ0v) is 17.7. The standard InChI is InChI=1S/C22H29ClN4O/c1-25(2)20-9-7-17(8-10-20)21(27-13-11-26(3)12-14-27)16-24-22(28)18-5-4-6-19(23)15-18/h4-10,15,21H,11-14,16H2,1-3H3,(H,24,28)/p+2/t21-/m1/s1. The first-order chi connectivity index (χ1) is 13.4. The van der Waals surface area contributed by atoms with E-state index in [1.165, 1.54) is 16.2 Å². The lowest BCUT2D eigenvalue weighted by Crippen LogP contribution is -3.27. The van der Waals surface area contributed by atoms with E-state index < -0.39 is 0 Å². The number of anilines is 1. The molecule has 3 N–H and O–H groups in total. The van der Waals surface area contributed by atoms with Crippen molar-refractivity contribution in [2.75, 3.05) is 58.8 Å². The quantitative estimate of drug-likeness (QED) is 0.650. The van der Waals surface area contributed by atoms with Gasteiger partial charge in [0, 0.05) is 35.9 Å². The molecule has 2 aromatic carbocycles. The van der Waals surface area contributed by atoms with Crippen LogP contribution < -0.4 is 20.0 Å². The van der Waals surface area contributed by atoms with E-state index in [0.29, 0.717) is 17.1 Å². The molecule has 1 aliphatic heterocycles. The molecule has 1 heterocycles. The van der Waals surface area contributed by atoms with E-state index in [9.17, 15) is 4.79 Å². The van der Waals surface area contributed by atoms with Gasteiger partial charge >= 0.3 is 0 Å². The van der Waals surface area contributed by atoms with Crippen LogP contribution in [0.5, 0.6) is 0 Å². The van der Waals surface area contributed by atoms with E-state index in [4.69, 9.17) is 11.6 Å². The molecular weight excluding hydrogens is 372 g/mol. The number of benzene rings is 2. The molecule has 0 radical (unpaired) electrons. The molecule has 1 atom stereocenters. The average Bonchev–Trinajstić information content (AvgIpc) is 2.69. The summed E-state index contributed by atoms with van der Waals surface area (Å²) in [5.41, 5.74) is 3.06. The molecule has 0 saturated carbocycles. The molecule has 28 heavy (non-hydrogen) atoms. The van der Waals surface area contributed by atoms with Crippen molar-refractivity contribution in [1.29, 1.82) is 0 Å². The van der Waals surface area contributed by atoms with Crippen LogP contribution in [-0.2, 0) is 0 Å². The molecule has 1 amide bonds. The maximum absolute atomic E-state index is 12.6. The van der Waals surface area contributed by atoms with Gasteiger partial charge in [0.1, 0.15) is 32.2 Å². The number of amides is 1.